The zero-order valence-electron chi connectivity index (χ0n) is 16.5. The smallest absolute Gasteiger partial charge is 0.231 e. The third kappa shape index (κ3) is 2.85. The molecule has 2 amide bonds. The van der Waals surface area contributed by atoms with Gasteiger partial charge in [0.2, 0.25) is 11.8 Å². The fourth-order valence-electron chi connectivity index (χ4n) is 5.38. The molecule has 5 rings (SSSR count). The van der Waals surface area contributed by atoms with Crippen LogP contribution in [0.2, 0.25) is 0 Å². The van der Waals surface area contributed by atoms with Crippen LogP contribution in [0.1, 0.15) is 24.3 Å². The Morgan fingerprint density at radius 1 is 1.13 bits per heavy atom. The van der Waals surface area contributed by atoms with Crippen LogP contribution in [0, 0.1) is 17.8 Å². The van der Waals surface area contributed by atoms with Gasteiger partial charge in [0, 0.05) is 23.1 Å². The lowest BCUT2D eigenvalue weighted by Crippen LogP contribution is -2.39. The van der Waals surface area contributed by atoms with Gasteiger partial charge in [-0.15, -0.1) is 0 Å². The number of ketones is 2. The van der Waals surface area contributed by atoms with E-state index in [1.807, 2.05) is 6.08 Å². The van der Waals surface area contributed by atoms with E-state index in [2.05, 4.69) is 21.2 Å². The summed E-state index contributed by atoms with van der Waals surface area (Å²) in [6.07, 6.45) is 3.80. The van der Waals surface area contributed by atoms with E-state index in [4.69, 9.17) is 4.74 Å². The average molecular weight is 484 g/mol. The predicted molar refractivity (Wildman–Crippen MR) is 112 cm³/mol. The first-order chi connectivity index (χ1) is 14.8. The highest BCUT2D eigenvalue weighted by molar-refractivity contribution is 9.12. The minimum absolute atomic E-state index is 0.0846. The molecule has 158 valence electrons. The fourth-order valence-corrected chi connectivity index (χ4v) is 5.83. The number of hydrogen-bond donors (Lipinski definition) is 2. The van der Waals surface area contributed by atoms with Crippen molar-refractivity contribution >= 4 is 39.3 Å². The molecule has 8 heteroatoms. The van der Waals surface area contributed by atoms with Gasteiger partial charge in [-0.25, -0.2) is 0 Å². The number of Topliss-reactive ketones (excluding diaryl/α,β-unsaturated/α-hetero) is 1. The quantitative estimate of drug-likeness (QED) is 0.379. The molecule has 0 bridgehead atoms. The van der Waals surface area contributed by atoms with E-state index in [1.54, 1.807) is 12.1 Å². The standard InChI is InChI=1S/C23H18BrNO6/c1-31-17-5-2-9(6-15(17)26)18-10-3-4-11-19(23(30)25-22(11)29)12(10)7-13-20(18)16(27)8-14(24)21(13)28/h2-3,5-6,8,11-12,18-19,26H,4,7H2,1H3,(H,25,29,30)/t11-,12+,18-,19-/m0/s1. The Kier molecular flexibility index (Phi) is 4.51. The number of nitrogens with one attached hydrogen (secondary N) is 1. The van der Waals surface area contributed by atoms with E-state index >= 15 is 0 Å². The SMILES string of the molecule is COc1ccc([C@H]2C3=CC[C@@H]4C(=O)NC(=O)[C@@H]4[C@@H]3CC3=C2C(=O)C=C(Br)C3=O)cc1O. The number of benzene rings is 1. The Bertz CT molecular complexity index is 1180. The van der Waals surface area contributed by atoms with Crippen LogP contribution in [-0.4, -0.2) is 35.6 Å². The highest BCUT2D eigenvalue weighted by Crippen LogP contribution is 2.54. The maximum atomic E-state index is 13.0. The summed E-state index contributed by atoms with van der Waals surface area (Å²) < 4.78 is 5.31. The molecule has 4 atom stereocenters. The van der Waals surface area contributed by atoms with Crippen molar-refractivity contribution in [1.29, 1.82) is 0 Å². The van der Waals surface area contributed by atoms with Crippen LogP contribution in [0.3, 0.4) is 0 Å². The molecule has 31 heavy (non-hydrogen) atoms. The third-order valence-corrected chi connectivity index (χ3v) is 7.30. The monoisotopic (exact) mass is 483 g/mol. The Labute approximate surface area is 186 Å². The second-order valence-corrected chi connectivity index (χ2v) is 9.03. The summed E-state index contributed by atoms with van der Waals surface area (Å²) in [5.41, 5.74) is 2.18. The van der Waals surface area contributed by atoms with Crippen molar-refractivity contribution in [3.05, 3.63) is 57.1 Å². The summed E-state index contributed by atoms with van der Waals surface area (Å²) in [6.45, 7) is 0. The third-order valence-electron chi connectivity index (χ3n) is 6.71. The van der Waals surface area contributed by atoms with E-state index in [9.17, 15) is 24.3 Å². The Hall–Kier alpha value is -3.00. The van der Waals surface area contributed by atoms with Crippen LogP contribution in [0.25, 0.3) is 0 Å². The van der Waals surface area contributed by atoms with Crippen molar-refractivity contribution < 1.29 is 29.0 Å². The van der Waals surface area contributed by atoms with Gasteiger partial charge in [-0.05, 0) is 52.4 Å². The summed E-state index contributed by atoms with van der Waals surface area (Å²) in [4.78, 5) is 50.9. The lowest BCUT2D eigenvalue weighted by Gasteiger charge is -2.42. The van der Waals surface area contributed by atoms with Crippen molar-refractivity contribution in [1.82, 2.24) is 5.32 Å². The normalized spacial score (nSPS) is 29.6. The topological polar surface area (TPSA) is 110 Å². The molecule has 0 radical (unpaired) electrons. The van der Waals surface area contributed by atoms with Crippen LogP contribution < -0.4 is 10.1 Å². The van der Waals surface area contributed by atoms with Gasteiger partial charge in [0.05, 0.1) is 23.4 Å². The molecule has 1 saturated heterocycles. The highest BCUT2D eigenvalue weighted by Gasteiger charge is 2.53. The number of imide groups is 1. The molecule has 2 N–H and O–H groups in total. The number of aromatic hydroxyl groups is 1. The van der Waals surface area contributed by atoms with Crippen molar-refractivity contribution in [2.75, 3.05) is 7.11 Å². The van der Waals surface area contributed by atoms with Gasteiger partial charge in [0.1, 0.15) is 0 Å². The fraction of sp³-hybridized carbons (Fsp3) is 0.304. The Morgan fingerprint density at radius 3 is 2.61 bits per heavy atom. The number of amides is 2. The number of hydrogen-bond acceptors (Lipinski definition) is 6. The summed E-state index contributed by atoms with van der Waals surface area (Å²) in [6, 6.07) is 4.87. The number of allylic oxidation sites excluding steroid dienone is 6. The van der Waals surface area contributed by atoms with Crippen molar-refractivity contribution in [2.24, 2.45) is 17.8 Å². The van der Waals surface area contributed by atoms with E-state index in [-0.39, 0.29) is 51.7 Å². The minimum Gasteiger partial charge on any atom is -0.504 e. The van der Waals surface area contributed by atoms with Crippen molar-refractivity contribution in [3.8, 4) is 11.5 Å². The summed E-state index contributed by atoms with van der Waals surface area (Å²) in [5.74, 6) is -3.03. The van der Waals surface area contributed by atoms with Gasteiger partial charge in [-0.1, -0.05) is 17.7 Å². The number of rotatable bonds is 2. The molecular weight excluding hydrogens is 466 g/mol. The molecule has 1 heterocycles. The minimum atomic E-state index is -0.594. The van der Waals surface area contributed by atoms with E-state index in [0.717, 1.165) is 5.57 Å². The lowest BCUT2D eigenvalue weighted by atomic mass is 9.59. The maximum absolute atomic E-state index is 13.0. The van der Waals surface area contributed by atoms with Crippen LogP contribution in [0.4, 0.5) is 0 Å². The first kappa shape index (κ1) is 19.9. The van der Waals surface area contributed by atoms with Crippen LogP contribution >= 0.6 is 15.9 Å². The summed E-state index contributed by atoms with van der Waals surface area (Å²) >= 11 is 3.18. The van der Waals surface area contributed by atoms with E-state index in [0.29, 0.717) is 23.1 Å². The number of methoxy groups -OCH3 is 1. The van der Waals surface area contributed by atoms with Crippen LogP contribution in [-0.2, 0) is 19.2 Å². The molecule has 0 aromatic heterocycles. The Morgan fingerprint density at radius 2 is 1.90 bits per heavy atom. The van der Waals surface area contributed by atoms with Gasteiger partial charge >= 0.3 is 0 Å². The molecule has 7 nitrogen and oxygen atoms in total. The number of halogens is 1. The Balaban J connectivity index is 1.71. The number of ether oxygens (including phenoxy) is 1. The largest absolute Gasteiger partial charge is 0.504 e. The number of phenols is 1. The predicted octanol–water partition coefficient (Wildman–Crippen LogP) is 2.45. The zero-order chi connectivity index (χ0) is 22.0. The van der Waals surface area contributed by atoms with Gasteiger partial charge in [0.15, 0.2) is 23.1 Å². The zero-order valence-corrected chi connectivity index (χ0v) is 18.1. The van der Waals surface area contributed by atoms with Gasteiger partial charge in [-0.2, -0.15) is 0 Å². The van der Waals surface area contributed by atoms with Crippen molar-refractivity contribution in [3.63, 3.8) is 0 Å². The lowest BCUT2D eigenvalue weighted by molar-refractivity contribution is -0.126. The molecule has 1 aliphatic heterocycles. The number of phenolic OH excluding ortho intramolecular Hbond substituents is 1. The van der Waals surface area contributed by atoms with E-state index in [1.165, 1.54) is 19.3 Å². The summed E-state index contributed by atoms with van der Waals surface area (Å²) in [5, 5.41) is 12.8. The van der Waals surface area contributed by atoms with Crippen molar-refractivity contribution in [2.45, 2.75) is 18.8 Å². The van der Waals surface area contributed by atoms with Crippen LogP contribution in [0.15, 0.2) is 51.6 Å². The summed E-state index contributed by atoms with van der Waals surface area (Å²) in [7, 11) is 1.44. The molecule has 4 aliphatic rings. The van der Waals surface area contributed by atoms with Gasteiger partial charge in [0.25, 0.3) is 0 Å². The molecule has 0 saturated carbocycles. The maximum Gasteiger partial charge on any atom is 0.231 e. The molecule has 0 unspecified atom stereocenters. The second kappa shape index (κ2) is 7.02. The second-order valence-electron chi connectivity index (χ2n) is 8.18. The van der Waals surface area contributed by atoms with Crippen LogP contribution in [0.5, 0.6) is 11.5 Å². The highest BCUT2D eigenvalue weighted by atomic mass is 79.9. The first-order valence-corrected chi connectivity index (χ1v) is 10.7. The molecule has 0 spiro atoms. The first-order valence-electron chi connectivity index (χ1n) is 9.92. The molecular formula is C23H18BrNO6. The molecule has 1 aromatic carbocycles. The van der Waals surface area contributed by atoms with Gasteiger partial charge in [-0.3, -0.25) is 24.5 Å². The number of fused-ring (bicyclic) bond motifs is 3. The molecule has 3 aliphatic carbocycles. The number of carbonyl (C=O) groups excluding carboxylic acids is 4. The van der Waals surface area contributed by atoms with Gasteiger partial charge < -0.3 is 9.84 Å². The van der Waals surface area contributed by atoms with E-state index < -0.39 is 17.8 Å². The number of carbonyl (C=O) groups is 4. The molecule has 1 fully saturated rings. The average Bonchev–Trinajstić information content (AvgIpc) is 3.04. The molecule has 1 aromatic rings.